The van der Waals surface area contributed by atoms with E-state index >= 15 is 0 Å². The Labute approximate surface area is 106 Å². The van der Waals surface area contributed by atoms with Gasteiger partial charge in [0.05, 0.1) is 12.2 Å². The smallest absolute Gasteiger partial charge is 0.170 e. The van der Waals surface area contributed by atoms with E-state index in [-0.39, 0.29) is 0 Å². The van der Waals surface area contributed by atoms with Gasteiger partial charge in [0.25, 0.3) is 0 Å². The molecule has 0 radical (unpaired) electrons. The Morgan fingerprint density at radius 1 is 1.17 bits per heavy atom. The lowest BCUT2D eigenvalue weighted by atomic mass is 10.2. The summed E-state index contributed by atoms with van der Waals surface area (Å²) in [5, 5.41) is 11.4. The summed E-state index contributed by atoms with van der Waals surface area (Å²) in [5.74, 6) is 0.658. The Bertz CT molecular complexity index is 486. The van der Waals surface area contributed by atoms with Crippen molar-refractivity contribution in [2.24, 2.45) is 5.73 Å². The molecule has 0 saturated heterocycles. The summed E-state index contributed by atoms with van der Waals surface area (Å²) < 4.78 is 1.66. The summed E-state index contributed by atoms with van der Waals surface area (Å²) in [6.07, 6.45) is 0. The largest absolute Gasteiger partial charge is 0.372 e. The molecule has 0 fully saturated rings. The lowest BCUT2D eigenvalue weighted by molar-refractivity contribution is 0.761. The van der Waals surface area contributed by atoms with Gasteiger partial charge in [0.15, 0.2) is 5.82 Å². The molecule has 0 amide bonds. The van der Waals surface area contributed by atoms with Crippen LogP contribution >= 0.6 is 0 Å². The minimum atomic E-state index is 0.324. The molecule has 18 heavy (non-hydrogen) atoms. The van der Waals surface area contributed by atoms with Crippen LogP contribution in [0.15, 0.2) is 24.3 Å². The van der Waals surface area contributed by atoms with Crippen molar-refractivity contribution >= 4 is 5.69 Å². The first-order valence-electron chi connectivity index (χ1n) is 6.12. The van der Waals surface area contributed by atoms with Gasteiger partial charge in [0.1, 0.15) is 0 Å². The summed E-state index contributed by atoms with van der Waals surface area (Å²) in [4.78, 5) is 2.28. The Balaban J connectivity index is 2.27. The first-order chi connectivity index (χ1) is 8.80. The summed E-state index contributed by atoms with van der Waals surface area (Å²) in [5.41, 5.74) is 7.71. The number of rotatable bonds is 5. The molecule has 0 unspecified atom stereocenters. The van der Waals surface area contributed by atoms with Gasteiger partial charge >= 0.3 is 0 Å². The highest BCUT2D eigenvalue weighted by Crippen LogP contribution is 2.17. The molecule has 1 aromatic carbocycles. The van der Waals surface area contributed by atoms with E-state index in [0.717, 1.165) is 18.8 Å². The zero-order chi connectivity index (χ0) is 13.0. The molecule has 6 nitrogen and oxygen atoms in total. The number of hydrogen-bond donors (Lipinski definition) is 1. The number of anilines is 1. The van der Waals surface area contributed by atoms with Crippen LogP contribution in [-0.2, 0) is 6.54 Å². The van der Waals surface area contributed by atoms with Gasteiger partial charge in [-0.05, 0) is 48.5 Å². The van der Waals surface area contributed by atoms with E-state index in [2.05, 4.69) is 46.4 Å². The summed E-state index contributed by atoms with van der Waals surface area (Å²) in [7, 11) is 0. The van der Waals surface area contributed by atoms with Gasteiger partial charge in [-0.2, -0.15) is 4.68 Å². The molecule has 0 spiro atoms. The van der Waals surface area contributed by atoms with Gasteiger partial charge in [-0.25, -0.2) is 0 Å². The quantitative estimate of drug-likeness (QED) is 0.851. The molecule has 1 aromatic heterocycles. The number of hydrogen-bond acceptors (Lipinski definition) is 5. The average Bonchev–Trinajstić information content (AvgIpc) is 2.89. The fourth-order valence-electron chi connectivity index (χ4n) is 1.93. The van der Waals surface area contributed by atoms with E-state index in [4.69, 9.17) is 5.73 Å². The molecule has 2 rings (SSSR count). The van der Waals surface area contributed by atoms with Crippen molar-refractivity contribution in [2.45, 2.75) is 20.4 Å². The first kappa shape index (κ1) is 12.5. The van der Waals surface area contributed by atoms with Crippen LogP contribution in [0.5, 0.6) is 0 Å². The van der Waals surface area contributed by atoms with Crippen LogP contribution in [0.4, 0.5) is 5.69 Å². The summed E-state index contributed by atoms with van der Waals surface area (Å²) >= 11 is 0. The van der Waals surface area contributed by atoms with E-state index in [1.165, 1.54) is 5.69 Å². The zero-order valence-corrected chi connectivity index (χ0v) is 10.7. The van der Waals surface area contributed by atoms with Crippen LogP contribution in [0.3, 0.4) is 0 Å². The van der Waals surface area contributed by atoms with Gasteiger partial charge in [-0.3, -0.25) is 0 Å². The zero-order valence-electron chi connectivity index (χ0n) is 10.7. The molecule has 2 aromatic rings. The van der Waals surface area contributed by atoms with Gasteiger partial charge in [0, 0.05) is 18.8 Å². The molecular weight excluding hydrogens is 228 g/mol. The number of nitrogens with zero attached hydrogens (tertiary/aromatic N) is 5. The van der Waals surface area contributed by atoms with Crippen LogP contribution in [0.1, 0.15) is 19.7 Å². The molecule has 0 aliphatic heterocycles. The second-order valence-electron chi connectivity index (χ2n) is 3.90. The molecule has 2 N–H and O–H groups in total. The van der Waals surface area contributed by atoms with Crippen LogP contribution in [0.25, 0.3) is 5.69 Å². The Hall–Kier alpha value is -1.95. The third-order valence-electron chi connectivity index (χ3n) is 2.94. The van der Waals surface area contributed by atoms with Gasteiger partial charge in [0.2, 0.25) is 0 Å². The summed E-state index contributed by atoms with van der Waals surface area (Å²) in [6, 6.07) is 8.15. The van der Waals surface area contributed by atoms with Crippen molar-refractivity contribution in [1.29, 1.82) is 0 Å². The predicted octanol–water partition coefficient (Wildman–Crippen LogP) is 0.967. The highest BCUT2D eigenvalue weighted by atomic mass is 15.5. The third kappa shape index (κ3) is 2.33. The lowest BCUT2D eigenvalue weighted by Gasteiger charge is -2.21. The lowest BCUT2D eigenvalue weighted by Crippen LogP contribution is -2.21. The van der Waals surface area contributed by atoms with Gasteiger partial charge in [-0.15, -0.1) is 5.10 Å². The molecule has 0 atom stereocenters. The van der Waals surface area contributed by atoms with E-state index in [1.807, 2.05) is 12.1 Å². The van der Waals surface area contributed by atoms with E-state index in [1.54, 1.807) is 4.68 Å². The fourth-order valence-corrected chi connectivity index (χ4v) is 1.93. The van der Waals surface area contributed by atoms with E-state index in [0.29, 0.717) is 12.4 Å². The van der Waals surface area contributed by atoms with Crippen LogP contribution in [-0.4, -0.2) is 33.3 Å². The summed E-state index contributed by atoms with van der Waals surface area (Å²) in [6.45, 7) is 6.60. The van der Waals surface area contributed by atoms with Crippen molar-refractivity contribution in [1.82, 2.24) is 20.2 Å². The van der Waals surface area contributed by atoms with Gasteiger partial charge in [-0.1, -0.05) is 0 Å². The monoisotopic (exact) mass is 246 g/mol. The molecule has 96 valence electrons. The highest BCUT2D eigenvalue weighted by Gasteiger charge is 2.07. The van der Waals surface area contributed by atoms with Gasteiger partial charge < -0.3 is 10.6 Å². The minimum absolute atomic E-state index is 0.324. The van der Waals surface area contributed by atoms with Crippen LogP contribution in [0, 0.1) is 0 Å². The maximum absolute atomic E-state index is 5.58. The molecule has 1 heterocycles. The molecule has 6 heteroatoms. The van der Waals surface area contributed by atoms with Crippen LogP contribution in [0.2, 0.25) is 0 Å². The molecule has 0 bridgehead atoms. The normalized spacial score (nSPS) is 10.6. The number of nitrogens with two attached hydrogens (primary N) is 1. The highest BCUT2D eigenvalue weighted by molar-refractivity contribution is 5.50. The van der Waals surface area contributed by atoms with E-state index in [9.17, 15) is 0 Å². The maximum atomic E-state index is 5.58. The number of aromatic nitrogens is 4. The molecule has 0 aliphatic carbocycles. The molecular formula is C12H18N6. The Morgan fingerprint density at radius 2 is 1.83 bits per heavy atom. The van der Waals surface area contributed by atoms with Crippen molar-refractivity contribution in [3.8, 4) is 5.69 Å². The van der Waals surface area contributed by atoms with Crippen molar-refractivity contribution in [3.05, 3.63) is 30.1 Å². The maximum Gasteiger partial charge on any atom is 0.170 e. The molecule has 0 saturated carbocycles. The third-order valence-corrected chi connectivity index (χ3v) is 2.94. The predicted molar refractivity (Wildman–Crippen MR) is 70.6 cm³/mol. The SMILES string of the molecule is CCN(CC)c1ccc(-n2nnnc2CN)cc1. The fraction of sp³-hybridized carbons (Fsp3) is 0.417. The van der Waals surface area contributed by atoms with E-state index < -0.39 is 0 Å². The average molecular weight is 246 g/mol. The van der Waals surface area contributed by atoms with Crippen molar-refractivity contribution in [2.75, 3.05) is 18.0 Å². The number of tetrazole rings is 1. The van der Waals surface area contributed by atoms with Crippen molar-refractivity contribution in [3.63, 3.8) is 0 Å². The molecule has 0 aliphatic rings. The number of benzene rings is 1. The standard InChI is InChI=1S/C12H18N6/c1-3-17(4-2)10-5-7-11(8-6-10)18-12(9-13)14-15-16-18/h5-8H,3-4,9,13H2,1-2H3. The topological polar surface area (TPSA) is 72.9 Å². The Morgan fingerprint density at radius 3 is 2.39 bits per heavy atom. The minimum Gasteiger partial charge on any atom is -0.372 e. The second-order valence-corrected chi connectivity index (χ2v) is 3.90. The Kier molecular flexibility index (Phi) is 3.88. The van der Waals surface area contributed by atoms with Crippen molar-refractivity contribution < 1.29 is 0 Å². The second kappa shape index (κ2) is 5.59. The first-order valence-corrected chi connectivity index (χ1v) is 6.12. The van der Waals surface area contributed by atoms with Crippen LogP contribution < -0.4 is 10.6 Å².